The normalized spacial score (nSPS) is 17.4. The predicted molar refractivity (Wildman–Crippen MR) is 204 cm³/mol. The number of hydrogen-bond donors (Lipinski definition) is 1. The van der Waals surface area contributed by atoms with Crippen molar-refractivity contribution in [3.05, 3.63) is 141 Å². The molecule has 284 valence electrons. The third kappa shape index (κ3) is 8.68. The van der Waals surface area contributed by atoms with Crippen LogP contribution in [0.2, 0.25) is 10.0 Å². The summed E-state index contributed by atoms with van der Waals surface area (Å²) in [6.45, 7) is 1.53. The van der Waals surface area contributed by atoms with E-state index in [1.807, 2.05) is 78.9 Å². The van der Waals surface area contributed by atoms with Gasteiger partial charge in [-0.25, -0.2) is 9.28 Å². The van der Waals surface area contributed by atoms with Crippen LogP contribution in [0.3, 0.4) is 0 Å². The lowest BCUT2D eigenvalue weighted by Crippen LogP contribution is -2.60. The molecule has 1 saturated heterocycles. The SMILES string of the molecule is CN(C[N+](C)(C(=O)C(c1ccccc1)c1ccccc1)[C@@H](CCN1CCC2(CC1)NC(=O)Cc1ccccc12)c1ccc(Cl)c(Cl)c1)C(=O)CC(F)(F)F. The maximum absolute atomic E-state index is 15.5. The molecule has 12 heteroatoms. The second-order valence-corrected chi connectivity index (χ2v) is 15.5. The number of piperidine rings is 1. The van der Waals surface area contributed by atoms with Crippen LogP contribution in [0.4, 0.5) is 13.2 Å². The van der Waals surface area contributed by atoms with Gasteiger partial charge in [-0.05, 0) is 47.2 Å². The summed E-state index contributed by atoms with van der Waals surface area (Å²) in [5.74, 6) is -2.24. The first kappa shape index (κ1) is 39.5. The Morgan fingerprint density at radius 3 is 2.06 bits per heavy atom. The van der Waals surface area contributed by atoms with E-state index in [0.29, 0.717) is 67.0 Å². The third-order valence-corrected chi connectivity index (χ3v) is 11.7. The molecule has 4 aromatic rings. The molecule has 0 radical (unpaired) electrons. The van der Waals surface area contributed by atoms with E-state index in [1.54, 1.807) is 25.2 Å². The van der Waals surface area contributed by atoms with Gasteiger partial charge in [-0.3, -0.25) is 14.5 Å². The van der Waals surface area contributed by atoms with Gasteiger partial charge in [0.15, 0.2) is 6.67 Å². The van der Waals surface area contributed by atoms with Crippen molar-refractivity contribution in [3.63, 3.8) is 0 Å². The van der Waals surface area contributed by atoms with Gasteiger partial charge in [0, 0.05) is 38.7 Å². The lowest BCUT2D eigenvalue weighted by atomic mass is 9.75. The lowest BCUT2D eigenvalue weighted by Gasteiger charge is -2.47. The highest BCUT2D eigenvalue weighted by Crippen LogP contribution is 2.41. The quantitative estimate of drug-likeness (QED) is 0.123. The topological polar surface area (TPSA) is 69.7 Å². The largest absolute Gasteiger partial charge is 0.397 e. The number of carbonyl (C=O) groups is 3. The molecule has 3 amide bonds. The minimum atomic E-state index is -4.72. The van der Waals surface area contributed by atoms with Gasteiger partial charge in [-0.15, -0.1) is 0 Å². The van der Waals surface area contributed by atoms with Gasteiger partial charge in [0.25, 0.3) is 0 Å². The van der Waals surface area contributed by atoms with E-state index < -0.39 is 40.5 Å². The molecule has 54 heavy (non-hydrogen) atoms. The van der Waals surface area contributed by atoms with Gasteiger partial charge in [0.1, 0.15) is 18.4 Å². The van der Waals surface area contributed by atoms with E-state index in [4.69, 9.17) is 23.2 Å². The van der Waals surface area contributed by atoms with Crippen LogP contribution in [0.1, 0.15) is 65.5 Å². The second-order valence-electron chi connectivity index (χ2n) is 14.7. The smallest absolute Gasteiger partial charge is 0.346 e. The Kier molecular flexibility index (Phi) is 11.9. The Morgan fingerprint density at radius 1 is 0.870 bits per heavy atom. The summed E-state index contributed by atoms with van der Waals surface area (Å²) < 4.78 is 40.1. The molecular formula is C42H44Cl2F3N4O3+. The maximum Gasteiger partial charge on any atom is 0.397 e. The molecular weight excluding hydrogens is 736 g/mol. The molecule has 0 aromatic heterocycles. The number of likely N-dealkylation sites (N-methyl/N-ethyl adjacent to an activating group) is 1. The molecule has 0 bridgehead atoms. The predicted octanol–water partition coefficient (Wildman–Crippen LogP) is 8.26. The van der Waals surface area contributed by atoms with Crippen molar-refractivity contribution in [1.29, 1.82) is 0 Å². The average molecular weight is 781 g/mol. The van der Waals surface area contributed by atoms with Gasteiger partial charge in [0.05, 0.1) is 29.1 Å². The summed E-state index contributed by atoms with van der Waals surface area (Å²) >= 11 is 13.0. The number of hydrogen-bond acceptors (Lipinski definition) is 4. The zero-order valence-electron chi connectivity index (χ0n) is 30.3. The highest BCUT2D eigenvalue weighted by atomic mass is 35.5. The number of rotatable bonds is 11. The van der Waals surface area contributed by atoms with E-state index in [9.17, 15) is 22.8 Å². The molecule has 0 saturated carbocycles. The number of nitrogens with one attached hydrogen (secondary N) is 1. The number of alkyl halides is 3. The van der Waals surface area contributed by atoms with Crippen LogP contribution in [0.15, 0.2) is 103 Å². The summed E-state index contributed by atoms with van der Waals surface area (Å²) in [6.07, 6.45) is -4.24. The van der Waals surface area contributed by atoms with E-state index in [1.165, 1.54) is 7.05 Å². The second kappa shape index (κ2) is 16.3. The van der Waals surface area contributed by atoms with Gasteiger partial charge in [-0.2, -0.15) is 13.2 Å². The molecule has 1 N–H and O–H groups in total. The van der Waals surface area contributed by atoms with Crippen LogP contribution in [0, 0.1) is 0 Å². The Morgan fingerprint density at radius 2 is 1.46 bits per heavy atom. The molecule has 4 aromatic carbocycles. The zero-order valence-corrected chi connectivity index (χ0v) is 31.8. The van der Waals surface area contributed by atoms with Crippen LogP contribution in [-0.2, 0) is 26.3 Å². The Balaban J connectivity index is 1.38. The maximum atomic E-state index is 15.5. The van der Waals surface area contributed by atoms with Crippen molar-refractivity contribution >= 4 is 40.9 Å². The fourth-order valence-corrected chi connectivity index (χ4v) is 8.57. The monoisotopic (exact) mass is 779 g/mol. The van der Waals surface area contributed by atoms with E-state index >= 15 is 4.79 Å². The van der Waals surface area contributed by atoms with Crippen LogP contribution in [-0.4, -0.2) is 78.6 Å². The van der Waals surface area contributed by atoms with Crippen LogP contribution < -0.4 is 5.32 Å². The standard InChI is InChI=1S/C42H43Cl2F3N4O3/c1-49(38(53)27-42(45,46)47)28-51(2,40(54)39(29-11-5-3-6-12-29)30-13-7-4-8-14-30)36(32-17-18-34(43)35(44)25-32)19-22-50-23-20-41(21-24-50)33-16-10-9-15-31(33)26-37(52)48-41/h3-18,25,36,39H,19-24,26-28H2,1-2H3/p+1/t36-,51?/m0/s1. The van der Waals surface area contributed by atoms with E-state index in [-0.39, 0.29) is 23.5 Å². The minimum absolute atomic E-state index is 0.00369. The molecule has 1 fully saturated rings. The van der Waals surface area contributed by atoms with Gasteiger partial charge >= 0.3 is 12.1 Å². The zero-order chi connectivity index (χ0) is 38.7. The fourth-order valence-electron chi connectivity index (χ4n) is 8.26. The van der Waals surface area contributed by atoms with E-state index in [0.717, 1.165) is 16.0 Å². The number of likely N-dealkylation sites (tertiary alicyclic amines) is 1. The number of benzene rings is 4. The summed E-state index contributed by atoms with van der Waals surface area (Å²) in [7, 11) is 3.01. The molecule has 0 aliphatic carbocycles. The van der Waals surface area contributed by atoms with Gasteiger partial charge in [-0.1, -0.05) is 114 Å². The Labute approximate surface area is 324 Å². The molecule has 2 aliphatic rings. The highest BCUT2D eigenvalue weighted by Gasteiger charge is 2.48. The number of carbonyl (C=O) groups excluding carboxylic acids is 3. The lowest BCUT2D eigenvalue weighted by molar-refractivity contribution is -0.876. The molecule has 1 spiro atoms. The molecule has 7 nitrogen and oxygen atoms in total. The number of amides is 3. The van der Waals surface area contributed by atoms with Crippen molar-refractivity contribution in [2.75, 3.05) is 40.4 Å². The fraction of sp³-hybridized carbons (Fsp3) is 0.357. The molecule has 2 heterocycles. The summed E-state index contributed by atoms with van der Waals surface area (Å²) in [4.78, 5) is 44.7. The van der Waals surface area contributed by atoms with Crippen LogP contribution >= 0.6 is 23.2 Å². The summed E-state index contributed by atoms with van der Waals surface area (Å²) in [5.41, 5.74) is 3.81. The number of quaternary nitrogens is 1. The van der Waals surface area contributed by atoms with Crippen molar-refractivity contribution in [2.45, 2.75) is 55.8 Å². The molecule has 1 unspecified atom stereocenters. The third-order valence-electron chi connectivity index (χ3n) is 11.0. The van der Waals surface area contributed by atoms with Crippen molar-refractivity contribution in [3.8, 4) is 0 Å². The minimum Gasteiger partial charge on any atom is -0.346 e. The number of halogens is 5. The van der Waals surface area contributed by atoms with Crippen molar-refractivity contribution in [2.24, 2.45) is 0 Å². The van der Waals surface area contributed by atoms with Crippen LogP contribution in [0.5, 0.6) is 0 Å². The summed E-state index contributed by atoms with van der Waals surface area (Å²) in [6, 6.07) is 31.0. The molecule has 2 aliphatic heterocycles. The van der Waals surface area contributed by atoms with Crippen LogP contribution in [0.25, 0.3) is 0 Å². The van der Waals surface area contributed by atoms with Gasteiger partial charge in [0.2, 0.25) is 11.8 Å². The average Bonchev–Trinajstić information content (AvgIpc) is 3.14. The first-order valence-electron chi connectivity index (χ1n) is 18.1. The van der Waals surface area contributed by atoms with Gasteiger partial charge < -0.3 is 10.2 Å². The molecule has 2 atom stereocenters. The Hall–Kier alpha value is -4.22. The van der Waals surface area contributed by atoms with E-state index in [2.05, 4.69) is 16.3 Å². The summed E-state index contributed by atoms with van der Waals surface area (Å²) in [5, 5.41) is 3.88. The Bertz CT molecular complexity index is 1930. The molecule has 6 rings (SSSR count). The first-order chi connectivity index (χ1) is 25.7. The first-order valence-corrected chi connectivity index (χ1v) is 18.8. The number of nitrogens with zero attached hydrogens (tertiary/aromatic N) is 3. The highest BCUT2D eigenvalue weighted by molar-refractivity contribution is 6.42. The van der Waals surface area contributed by atoms with Crippen molar-refractivity contribution < 1.29 is 32.0 Å². The van der Waals surface area contributed by atoms with Crippen molar-refractivity contribution in [1.82, 2.24) is 15.1 Å². The number of fused-ring (bicyclic) bond motifs is 2.